The van der Waals surface area contributed by atoms with Crippen LogP contribution in [-0.2, 0) is 0 Å². The molecule has 1 unspecified atom stereocenters. The molecule has 0 spiro atoms. The lowest BCUT2D eigenvalue weighted by Gasteiger charge is -2.14. The van der Waals surface area contributed by atoms with Crippen molar-refractivity contribution in [3.63, 3.8) is 0 Å². The lowest BCUT2D eigenvalue weighted by Crippen LogP contribution is -1.98. The maximum absolute atomic E-state index is 12.9. The van der Waals surface area contributed by atoms with E-state index in [9.17, 15) is 4.39 Å². The van der Waals surface area contributed by atoms with Crippen LogP contribution in [0.1, 0.15) is 24.2 Å². The molecule has 1 atom stereocenters. The first-order valence-electron chi connectivity index (χ1n) is 4.11. The van der Waals surface area contributed by atoms with Crippen molar-refractivity contribution in [2.75, 3.05) is 0 Å². The molecule has 0 bridgehead atoms. The van der Waals surface area contributed by atoms with Crippen LogP contribution in [0.4, 0.5) is 4.39 Å². The highest BCUT2D eigenvalue weighted by molar-refractivity contribution is 9.10. The van der Waals surface area contributed by atoms with Gasteiger partial charge in [-0.2, -0.15) is 0 Å². The van der Waals surface area contributed by atoms with Crippen LogP contribution in [0.5, 0.6) is 0 Å². The van der Waals surface area contributed by atoms with Gasteiger partial charge in [0.15, 0.2) is 0 Å². The normalized spacial score (nSPS) is 13.4. The maximum atomic E-state index is 12.9. The lowest BCUT2D eigenvalue weighted by molar-refractivity contribution is 0.613. The summed E-state index contributed by atoms with van der Waals surface area (Å²) >= 11 is 6.73. The number of alkyl halides is 1. The summed E-state index contributed by atoms with van der Waals surface area (Å²) in [5, 5.41) is 0. The van der Waals surface area contributed by atoms with Gasteiger partial charge in [-0.1, -0.05) is 35.8 Å². The summed E-state index contributed by atoms with van der Waals surface area (Å²) in [5.41, 5.74) is 1.10. The van der Waals surface area contributed by atoms with Crippen LogP contribution in [0.3, 0.4) is 0 Å². The van der Waals surface area contributed by atoms with Crippen molar-refractivity contribution in [2.45, 2.75) is 18.7 Å². The minimum Gasteiger partial charge on any atom is -0.206 e. The second-order valence-corrected chi connectivity index (χ2v) is 5.16. The molecular formula is C10H11Br2F. The van der Waals surface area contributed by atoms with Gasteiger partial charge in [0.1, 0.15) is 5.82 Å². The Balaban J connectivity index is 2.97. The Morgan fingerprint density at radius 2 is 1.92 bits per heavy atom. The Morgan fingerprint density at radius 3 is 2.38 bits per heavy atom. The van der Waals surface area contributed by atoms with Crippen molar-refractivity contribution in [1.29, 1.82) is 0 Å². The van der Waals surface area contributed by atoms with Crippen LogP contribution in [-0.4, -0.2) is 0 Å². The molecule has 1 aromatic rings. The average Bonchev–Trinajstić information content (AvgIpc) is 2.08. The molecule has 0 N–H and O–H groups in total. The smallest absolute Gasteiger partial charge is 0.137 e. The van der Waals surface area contributed by atoms with Gasteiger partial charge in [-0.15, -0.1) is 0 Å². The predicted molar refractivity (Wildman–Crippen MR) is 60.6 cm³/mol. The Kier molecular flexibility index (Phi) is 3.92. The van der Waals surface area contributed by atoms with Gasteiger partial charge in [0, 0.05) is 4.83 Å². The van der Waals surface area contributed by atoms with E-state index in [1.54, 1.807) is 6.07 Å². The van der Waals surface area contributed by atoms with Gasteiger partial charge in [-0.05, 0) is 39.5 Å². The third-order valence-electron chi connectivity index (χ3n) is 1.85. The highest BCUT2D eigenvalue weighted by Gasteiger charge is 2.12. The Labute approximate surface area is 94.8 Å². The number of rotatable bonds is 2. The maximum Gasteiger partial charge on any atom is 0.137 e. The second kappa shape index (κ2) is 4.56. The molecule has 0 radical (unpaired) electrons. The SMILES string of the molecule is CC(C)C(Br)c1ccc(F)c(Br)c1. The molecule has 72 valence electrons. The zero-order chi connectivity index (χ0) is 10.0. The summed E-state index contributed by atoms with van der Waals surface area (Å²) in [6, 6.07) is 5.10. The predicted octanol–water partition coefficient (Wildman–Crippen LogP) is 4.68. The molecule has 1 aromatic carbocycles. The van der Waals surface area contributed by atoms with Gasteiger partial charge < -0.3 is 0 Å². The molecule has 0 fully saturated rings. The van der Waals surface area contributed by atoms with E-state index in [1.807, 2.05) is 6.07 Å². The van der Waals surface area contributed by atoms with Crippen molar-refractivity contribution in [2.24, 2.45) is 5.92 Å². The lowest BCUT2D eigenvalue weighted by atomic mass is 10.0. The molecule has 3 heteroatoms. The highest BCUT2D eigenvalue weighted by atomic mass is 79.9. The van der Waals surface area contributed by atoms with Crippen LogP contribution >= 0.6 is 31.9 Å². The largest absolute Gasteiger partial charge is 0.206 e. The fraction of sp³-hybridized carbons (Fsp3) is 0.400. The first-order valence-corrected chi connectivity index (χ1v) is 5.82. The summed E-state index contributed by atoms with van der Waals surface area (Å²) in [6.07, 6.45) is 0. The topological polar surface area (TPSA) is 0 Å². The number of hydrogen-bond donors (Lipinski definition) is 0. The molecule has 0 heterocycles. The van der Waals surface area contributed by atoms with Crippen LogP contribution in [0.2, 0.25) is 0 Å². The molecule has 1 rings (SSSR count). The monoisotopic (exact) mass is 308 g/mol. The summed E-state index contributed by atoms with van der Waals surface area (Å²) in [7, 11) is 0. The first-order chi connectivity index (χ1) is 6.02. The van der Waals surface area contributed by atoms with Crippen LogP contribution in [0, 0.1) is 11.7 Å². The Bertz CT molecular complexity index is 297. The second-order valence-electron chi connectivity index (χ2n) is 3.32. The molecule has 0 saturated heterocycles. The summed E-state index contributed by atoms with van der Waals surface area (Å²) in [5.74, 6) is 0.282. The van der Waals surface area contributed by atoms with E-state index in [1.165, 1.54) is 6.07 Å². The third kappa shape index (κ3) is 2.78. The van der Waals surface area contributed by atoms with Gasteiger partial charge in [-0.3, -0.25) is 0 Å². The molecule has 0 aliphatic heterocycles. The van der Waals surface area contributed by atoms with Gasteiger partial charge in [0.2, 0.25) is 0 Å². The fourth-order valence-corrected chi connectivity index (χ4v) is 1.75. The molecule has 0 aromatic heterocycles. The number of halogens is 3. The van der Waals surface area contributed by atoms with Crippen molar-refractivity contribution in [3.05, 3.63) is 34.1 Å². The minimum absolute atomic E-state index is 0.216. The van der Waals surface area contributed by atoms with Crippen molar-refractivity contribution in [1.82, 2.24) is 0 Å². The van der Waals surface area contributed by atoms with E-state index < -0.39 is 0 Å². The van der Waals surface area contributed by atoms with Gasteiger partial charge in [0.25, 0.3) is 0 Å². The van der Waals surface area contributed by atoms with Crippen molar-refractivity contribution < 1.29 is 4.39 Å². The Morgan fingerprint density at radius 1 is 1.31 bits per heavy atom. The standard InChI is InChI=1S/C10H11Br2F/c1-6(2)10(12)7-3-4-9(13)8(11)5-7/h3-6,10H,1-2H3. The summed E-state index contributed by atoms with van der Waals surface area (Å²) in [4.78, 5) is 0.282. The minimum atomic E-state index is -0.216. The molecule has 0 amide bonds. The summed E-state index contributed by atoms with van der Waals surface area (Å²) < 4.78 is 13.4. The van der Waals surface area contributed by atoms with Crippen LogP contribution < -0.4 is 0 Å². The average molecular weight is 310 g/mol. The van der Waals surface area contributed by atoms with E-state index in [2.05, 4.69) is 45.7 Å². The van der Waals surface area contributed by atoms with Crippen LogP contribution in [0.15, 0.2) is 22.7 Å². The van der Waals surface area contributed by atoms with Gasteiger partial charge in [-0.25, -0.2) is 4.39 Å². The van der Waals surface area contributed by atoms with Crippen molar-refractivity contribution >= 4 is 31.9 Å². The zero-order valence-corrected chi connectivity index (χ0v) is 10.7. The van der Waals surface area contributed by atoms with Crippen LogP contribution in [0.25, 0.3) is 0 Å². The fourth-order valence-electron chi connectivity index (χ4n) is 1.07. The Hall–Kier alpha value is 0.110. The zero-order valence-electron chi connectivity index (χ0n) is 7.52. The molecular weight excluding hydrogens is 299 g/mol. The molecule has 0 saturated carbocycles. The van der Waals surface area contributed by atoms with Crippen molar-refractivity contribution in [3.8, 4) is 0 Å². The van der Waals surface area contributed by atoms with E-state index in [-0.39, 0.29) is 10.6 Å². The highest BCUT2D eigenvalue weighted by Crippen LogP contribution is 2.32. The van der Waals surface area contributed by atoms with Gasteiger partial charge >= 0.3 is 0 Å². The third-order valence-corrected chi connectivity index (χ3v) is 4.04. The van der Waals surface area contributed by atoms with E-state index in [0.717, 1.165) is 5.56 Å². The van der Waals surface area contributed by atoms with E-state index in [4.69, 9.17) is 0 Å². The first kappa shape index (κ1) is 11.2. The quantitative estimate of drug-likeness (QED) is 0.696. The summed E-state index contributed by atoms with van der Waals surface area (Å²) in [6.45, 7) is 4.24. The molecule has 0 aliphatic rings. The molecule has 0 nitrogen and oxygen atoms in total. The number of benzene rings is 1. The van der Waals surface area contributed by atoms with Gasteiger partial charge in [0.05, 0.1) is 4.47 Å². The molecule has 0 aliphatic carbocycles. The molecule has 13 heavy (non-hydrogen) atoms. The number of hydrogen-bond acceptors (Lipinski definition) is 0. The van der Waals surface area contributed by atoms with E-state index in [0.29, 0.717) is 10.4 Å². The van der Waals surface area contributed by atoms with E-state index >= 15 is 0 Å².